The van der Waals surface area contributed by atoms with Gasteiger partial charge in [0.1, 0.15) is 0 Å². The molecule has 2 atom stereocenters. The molecule has 3 aliphatic rings. The van der Waals surface area contributed by atoms with Gasteiger partial charge >= 0.3 is 6.03 Å². The fraction of sp³-hybridized carbons (Fsp3) is 0.688. The minimum atomic E-state index is 0.0496. The van der Waals surface area contributed by atoms with Gasteiger partial charge in [-0.15, -0.1) is 0 Å². The summed E-state index contributed by atoms with van der Waals surface area (Å²) in [5.74, 6) is 0.757. The molecule has 23 heavy (non-hydrogen) atoms. The highest BCUT2D eigenvalue weighted by Gasteiger charge is 2.47. The highest BCUT2D eigenvalue weighted by atomic mass is 16.2. The van der Waals surface area contributed by atoms with E-state index in [-0.39, 0.29) is 23.9 Å². The summed E-state index contributed by atoms with van der Waals surface area (Å²) in [5, 5.41) is 7.05. The third kappa shape index (κ3) is 2.68. The predicted octanol–water partition coefficient (Wildman–Crippen LogP) is 0.540. The Balaban J connectivity index is 1.31. The van der Waals surface area contributed by atoms with Crippen molar-refractivity contribution in [1.82, 2.24) is 24.9 Å². The van der Waals surface area contributed by atoms with E-state index in [9.17, 15) is 9.59 Å². The number of rotatable bonds is 3. The zero-order chi connectivity index (χ0) is 16.0. The van der Waals surface area contributed by atoms with Crippen LogP contribution in [0.5, 0.6) is 0 Å². The highest BCUT2D eigenvalue weighted by molar-refractivity contribution is 5.83. The summed E-state index contributed by atoms with van der Waals surface area (Å²) in [6.07, 6.45) is 6.61. The third-order valence-electron chi connectivity index (χ3n) is 5.37. The van der Waals surface area contributed by atoms with E-state index in [0.717, 1.165) is 45.4 Å². The normalized spacial score (nSPS) is 28.1. The Labute approximate surface area is 135 Å². The highest BCUT2D eigenvalue weighted by Crippen LogP contribution is 2.48. The summed E-state index contributed by atoms with van der Waals surface area (Å²) in [5.41, 5.74) is 1.18. The monoisotopic (exact) mass is 317 g/mol. The lowest BCUT2D eigenvalue weighted by Gasteiger charge is -2.36. The Hall–Kier alpha value is -2.05. The number of aryl methyl sites for hydroxylation is 1. The first-order valence-corrected chi connectivity index (χ1v) is 8.45. The second kappa shape index (κ2) is 5.54. The van der Waals surface area contributed by atoms with Crippen molar-refractivity contribution in [3.63, 3.8) is 0 Å². The molecule has 1 aromatic rings. The van der Waals surface area contributed by atoms with Gasteiger partial charge in [-0.3, -0.25) is 9.48 Å². The van der Waals surface area contributed by atoms with Crippen LogP contribution in [0.2, 0.25) is 0 Å². The number of nitrogens with zero attached hydrogens (tertiary/aromatic N) is 4. The fourth-order valence-electron chi connectivity index (χ4n) is 3.94. The van der Waals surface area contributed by atoms with Crippen molar-refractivity contribution in [2.45, 2.75) is 31.2 Å². The molecule has 1 saturated carbocycles. The standard InChI is InChI=1S/C16H23N5O2/c1-19-10-11(9-18-19)13-8-14(13)15(22)20-5-2-12(3-6-20)21-7-4-17-16(21)23/h9-10,12-14H,2-8H2,1H3,(H,17,23)/t13-,14+/m1/s1. The first-order chi connectivity index (χ1) is 11.1. The molecule has 0 unspecified atom stereocenters. The van der Waals surface area contributed by atoms with Crippen LogP contribution in [0.3, 0.4) is 0 Å². The number of amides is 3. The van der Waals surface area contributed by atoms with Crippen LogP contribution in [-0.2, 0) is 11.8 Å². The van der Waals surface area contributed by atoms with Gasteiger partial charge in [-0.1, -0.05) is 0 Å². The number of urea groups is 1. The number of carbonyl (C=O) groups excluding carboxylic acids is 2. The van der Waals surface area contributed by atoms with Crippen LogP contribution in [0.25, 0.3) is 0 Å². The average molecular weight is 317 g/mol. The Morgan fingerprint density at radius 3 is 2.70 bits per heavy atom. The number of nitrogens with one attached hydrogen (secondary N) is 1. The molecule has 0 aromatic carbocycles. The van der Waals surface area contributed by atoms with E-state index >= 15 is 0 Å². The first kappa shape index (κ1) is 14.5. The number of aromatic nitrogens is 2. The van der Waals surface area contributed by atoms with E-state index in [1.165, 1.54) is 5.56 Å². The van der Waals surface area contributed by atoms with Gasteiger partial charge in [0.05, 0.1) is 6.20 Å². The van der Waals surface area contributed by atoms with Crippen molar-refractivity contribution in [2.75, 3.05) is 26.2 Å². The average Bonchev–Trinajstić information content (AvgIpc) is 3.06. The minimum Gasteiger partial charge on any atom is -0.342 e. The zero-order valence-electron chi connectivity index (χ0n) is 13.4. The molecule has 2 saturated heterocycles. The van der Waals surface area contributed by atoms with E-state index in [1.807, 2.05) is 29.2 Å². The largest absolute Gasteiger partial charge is 0.342 e. The van der Waals surface area contributed by atoms with E-state index in [0.29, 0.717) is 5.92 Å². The van der Waals surface area contributed by atoms with Gasteiger partial charge in [0.25, 0.3) is 0 Å². The van der Waals surface area contributed by atoms with E-state index < -0.39 is 0 Å². The summed E-state index contributed by atoms with van der Waals surface area (Å²) in [6, 6.07) is 0.337. The molecule has 1 aliphatic carbocycles. The van der Waals surface area contributed by atoms with Crippen LogP contribution < -0.4 is 5.32 Å². The van der Waals surface area contributed by atoms with Gasteiger partial charge in [-0.05, 0) is 30.7 Å². The van der Waals surface area contributed by atoms with E-state index in [4.69, 9.17) is 0 Å². The number of hydrogen-bond acceptors (Lipinski definition) is 3. The zero-order valence-corrected chi connectivity index (χ0v) is 13.4. The van der Waals surface area contributed by atoms with E-state index in [1.54, 1.807) is 4.68 Å². The van der Waals surface area contributed by atoms with Crippen molar-refractivity contribution in [2.24, 2.45) is 13.0 Å². The molecule has 0 bridgehead atoms. The van der Waals surface area contributed by atoms with Crippen LogP contribution in [0.1, 0.15) is 30.7 Å². The lowest BCUT2D eigenvalue weighted by atomic mass is 10.0. The maximum absolute atomic E-state index is 12.6. The molecule has 7 nitrogen and oxygen atoms in total. The topological polar surface area (TPSA) is 70.5 Å². The Morgan fingerprint density at radius 1 is 1.30 bits per heavy atom. The van der Waals surface area contributed by atoms with Crippen LogP contribution in [0, 0.1) is 5.92 Å². The minimum absolute atomic E-state index is 0.0496. The molecule has 2 aliphatic heterocycles. The Morgan fingerprint density at radius 2 is 2.09 bits per heavy atom. The van der Waals surface area contributed by atoms with Crippen LogP contribution in [0.15, 0.2) is 12.4 Å². The maximum atomic E-state index is 12.6. The number of hydrogen-bond donors (Lipinski definition) is 1. The van der Waals surface area contributed by atoms with Crippen molar-refractivity contribution < 1.29 is 9.59 Å². The van der Waals surface area contributed by atoms with Gasteiger partial charge in [-0.25, -0.2) is 4.79 Å². The summed E-state index contributed by atoms with van der Waals surface area (Å²) in [6.45, 7) is 3.07. The van der Waals surface area contributed by atoms with Gasteiger partial charge < -0.3 is 15.1 Å². The molecular formula is C16H23N5O2. The van der Waals surface area contributed by atoms with Crippen molar-refractivity contribution in [3.05, 3.63) is 18.0 Å². The summed E-state index contributed by atoms with van der Waals surface area (Å²) in [4.78, 5) is 28.3. The fourth-order valence-corrected chi connectivity index (χ4v) is 3.94. The molecule has 0 radical (unpaired) electrons. The molecule has 7 heteroatoms. The second-order valence-corrected chi connectivity index (χ2v) is 6.88. The molecule has 1 N–H and O–H groups in total. The summed E-state index contributed by atoms with van der Waals surface area (Å²) in [7, 11) is 1.90. The van der Waals surface area contributed by atoms with Gasteiger partial charge in [0.15, 0.2) is 0 Å². The lowest BCUT2D eigenvalue weighted by molar-refractivity contribution is -0.134. The molecule has 124 valence electrons. The molecule has 4 rings (SSSR count). The van der Waals surface area contributed by atoms with Gasteiger partial charge in [0.2, 0.25) is 5.91 Å². The number of likely N-dealkylation sites (tertiary alicyclic amines) is 1. The van der Waals surface area contributed by atoms with Crippen molar-refractivity contribution in [1.29, 1.82) is 0 Å². The molecular weight excluding hydrogens is 294 g/mol. The second-order valence-electron chi connectivity index (χ2n) is 6.88. The molecule has 3 amide bonds. The van der Waals surface area contributed by atoms with Crippen molar-refractivity contribution >= 4 is 11.9 Å². The molecule has 0 spiro atoms. The van der Waals surface area contributed by atoms with Crippen molar-refractivity contribution in [3.8, 4) is 0 Å². The lowest BCUT2D eigenvalue weighted by Crippen LogP contribution is -2.48. The molecule has 3 heterocycles. The third-order valence-corrected chi connectivity index (χ3v) is 5.37. The number of carbonyl (C=O) groups is 2. The Kier molecular flexibility index (Phi) is 3.50. The SMILES string of the molecule is Cn1cc([C@H]2C[C@@H]2C(=O)N2CCC(N3CCNC3=O)CC2)cn1. The van der Waals surface area contributed by atoms with Gasteiger partial charge in [-0.2, -0.15) is 5.10 Å². The van der Waals surface area contributed by atoms with Crippen LogP contribution in [0.4, 0.5) is 4.79 Å². The van der Waals surface area contributed by atoms with Gasteiger partial charge in [0, 0.05) is 51.4 Å². The molecule has 1 aromatic heterocycles. The van der Waals surface area contributed by atoms with Crippen LogP contribution in [-0.4, -0.2) is 63.7 Å². The quantitative estimate of drug-likeness (QED) is 0.884. The first-order valence-electron chi connectivity index (χ1n) is 8.45. The predicted molar refractivity (Wildman–Crippen MR) is 83.8 cm³/mol. The Bertz CT molecular complexity index is 620. The van der Waals surface area contributed by atoms with Crippen LogP contribution >= 0.6 is 0 Å². The smallest absolute Gasteiger partial charge is 0.317 e. The number of piperidine rings is 1. The summed E-state index contributed by atoms with van der Waals surface area (Å²) < 4.78 is 1.79. The molecule has 3 fully saturated rings. The van der Waals surface area contributed by atoms with E-state index in [2.05, 4.69) is 10.4 Å². The maximum Gasteiger partial charge on any atom is 0.317 e. The summed E-state index contributed by atoms with van der Waals surface area (Å²) >= 11 is 0.